The van der Waals surface area contributed by atoms with Crippen LogP contribution >= 0.6 is 0 Å². The molecule has 1 atom stereocenters. The van der Waals surface area contributed by atoms with Crippen molar-refractivity contribution in [3.63, 3.8) is 0 Å². The molecule has 6 nitrogen and oxygen atoms in total. The van der Waals surface area contributed by atoms with Crippen LogP contribution in [0.15, 0.2) is 53.6 Å². The summed E-state index contributed by atoms with van der Waals surface area (Å²) in [7, 11) is 0. The maximum Gasteiger partial charge on any atom is 0.258 e. The molecule has 26 heavy (non-hydrogen) atoms. The number of likely N-dealkylation sites (tertiary alicyclic amines) is 1. The van der Waals surface area contributed by atoms with Crippen molar-refractivity contribution in [1.82, 2.24) is 19.3 Å². The van der Waals surface area contributed by atoms with Gasteiger partial charge in [0.05, 0.1) is 5.69 Å². The lowest BCUT2D eigenvalue weighted by Crippen LogP contribution is -2.25. The lowest BCUT2D eigenvalue weighted by molar-refractivity contribution is 0.315. The van der Waals surface area contributed by atoms with Crippen LogP contribution in [-0.2, 0) is 6.54 Å². The van der Waals surface area contributed by atoms with Crippen LogP contribution in [0.3, 0.4) is 0 Å². The molecular formula is C20H23N5O. The number of aromatic nitrogens is 3. The molecule has 0 aliphatic carbocycles. The summed E-state index contributed by atoms with van der Waals surface area (Å²) in [4.78, 5) is 23.6. The number of hydrogen-bond donors (Lipinski definition) is 1. The topological polar surface area (TPSA) is 62.5 Å². The van der Waals surface area contributed by atoms with Gasteiger partial charge in [-0.25, -0.2) is 9.97 Å². The first-order valence-electron chi connectivity index (χ1n) is 9.03. The van der Waals surface area contributed by atoms with Crippen LogP contribution in [0.4, 0.5) is 5.82 Å². The van der Waals surface area contributed by atoms with Gasteiger partial charge in [0, 0.05) is 38.1 Å². The zero-order valence-corrected chi connectivity index (χ0v) is 14.9. The highest BCUT2D eigenvalue weighted by Gasteiger charge is 2.23. The molecule has 0 amide bonds. The SMILES string of the molecule is Cc1ccnc(NCC2CCN(Cc3cc(=O)n4ccccc4n3)C2)c1. The van der Waals surface area contributed by atoms with Crippen molar-refractivity contribution in [2.24, 2.45) is 5.92 Å². The molecule has 3 aromatic rings. The molecule has 0 spiro atoms. The van der Waals surface area contributed by atoms with Crippen LogP contribution in [0.2, 0.25) is 0 Å². The van der Waals surface area contributed by atoms with E-state index in [9.17, 15) is 4.79 Å². The zero-order chi connectivity index (χ0) is 17.9. The third-order valence-electron chi connectivity index (χ3n) is 4.87. The quantitative estimate of drug-likeness (QED) is 0.766. The van der Waals surface area contributed by atoms with Crippen molar-refractivity contribution < 1.29 is 0 Å². The van der Waals surface area contributed by atoms with Gasteiger partial charge in [-0.05, 0) is 55.6 Å². The fourth-order valence-corrected chi connectivity index (χ4v) is 3.52. The van der Waals surface area contributed by atoms with Crippen molar-refractivity contribution in [1.29, 1.82) is 0 Å². The van der Waals surface area contributed by atoms with Crippen molar-refractivity contribution in [2.45, 2.75) is 19.9 Å². The maximum atomic E-state index is 12.2. The van der Waals surface area contributed by atoms with Crippen molar-refractivity contribution in [3.8, 4) is 0 Å². The molecule has 1 unspecified atom stereocenters. The second-order valence-electron chi connectivity index (χ2n) is 7.00. The molecule has 1 N–H and O–H groups in total. The van der Waals surface area contributed by atoms with Gasteiger partial charge in [-0.1, -0.05) is 6.07 Å². The molecule has 6 heteroatoms. The van der Waals surface area contributed by atoms with Gasteiger partial charge in [-0.15, -0.1) is 0 Å². The third kappa shape index (κ3) is 3.75. The lowest BCUT2D eigenvalue weighted by Gasteiger charge is -2.16. The van der Waals surface area contributed by atoms with Crippen molar-refractivity contribution >= 4 is 11.5 Å². The highest BCUT2D eigenvalue weighted by molar-refractivity contribution is 5.38. The fraction of sp³-hybridized carbons (Fsp3) is 0.350. The van der Waals surface area contributed by atoms with Gasteiger partial charge in [-0.3, -0.25) is 14.1 Å². The first-order chi connectivity index (χ1) is 12.7. The van der Waals surface area contributed by atoms with E-state index in [1.165, 1.54) is 5.56 Å². The van der Waals surface area contributed by atoms with Gasteiger partial charge in [0.15, 0.2) is 0 Å². The summed E-state index contributed by atoms with van der Waals surface area (Å²) < 4.78 is 1.58. The molecule has 3 aromatic heterocycles. The number of rotatable bonds is 5. The van der Waals surface area contributed by atoms with Gasteiger partial charge in [0.2, 0.25) is 0 Å². The molecule has 1 fully saturated rings. The minimum absolute atomic E-state index is 0.0199. The Morgan fingerprint density at radius 3 is 3.08 bits per heavy atom. The summed E-state index contributed by atoms with van der Waals surface area (Å²) in [5.41, 5.74) is 2.74. The zero-order valence-electron chi connectivity index (χ0n) is 14.9. The third-order valence-corrected chi connectivity index (χ3v) is 4.87. The molecule has 1 aliphatic heterocycles. The molecule has 0 radical (unpaired) electrons. The summed E-state index contributed by atoms with van der Waals surface area (Å²) in [5, 5.41) is 3.44. The number of pyridine rings is 2. The molecular weight excluding hydrogens is 326 g/mol. The minimum atomic E-state index is -0.0199. The number of hydrogen-bond acceptors (Lipinski definition) is 5. The molecule has 1 saturated heterocycles. The van der Waals surface area contributed by atoms with Gasteiger partial charge in [0.25, 0.3) is 5.56 Å². The summed E-state index contributed by atoms with van der Waals surface area (Å²) >= 11 is 0. The van der Waals surface area contributed by atoms with Crippen LogP contribution in [0.1, 0.15) is 17.7 Å². The van der Waals surface area contributed by atoms with Crippen molar-refractivity contribution in [2.75, 3.05) is 25.0 Å². The van der Waals surface area contributed by atoms with Crippen molar-refractivity contribution in [3.05, 3.63) is 70.4 Å². The molecule has 0 saturated carbocycles. The highest BCUT2D eigenvalue weighted by atomic mass is 16.1. The van der Waals surface area contributed by atoms with E-state index in [0.717, 1.165) is 44.1 Å². The predicted molar refractivity (Wildman–Crippen MR) is 102 cm³/mol. The highest BCUT2D eigenvalue weighted by Crippen LogP contribution is 2.19. The summed E-state index contributed by atoms with van der Waals surface area (Å²) in [6.45, 7) is 5.75. The van der Waals surface area contributed by atoms with E-state index in [1.54, 1.807) is 16.7 Å². The number of aryl methyl sites for hydroxylation is 1. The predicted octanol–water partition coefficient (Wildman–Crippen LogP) is 2.33. The van der Waals surface area contributed by atoms with Gasteiger partial charge < -0.3 is 5.32 Å². The van der Waals surface area contributed by atoms with Gasteiger partial charge >= 0.3 is 0 Å². The van der Waals surface area contributed by atoms with E-state index < -0.39 is 0 Å². The number of nitrogens with one attached hydrogen (secondary N) is 1. The van der Waals surface area contributed by atoms with Crippen LogP contribution in [0.5, 0.6) is 0 Å². The van der Waals surface area contributed by atoms with Gasteiger partial charge in [-0.2, -0.15) is 0 Å². The van der Waals surface area contributed by atoms with Crippen LogP contribution in [-0.4, -0.2) is 38.9 Å². The summed E-state index contributed by atoms with van der Waals surface area (Å²) in [6, 6.07) is 11.3. The average molecular weight is 349 g/mol. The Morgan fingerprint density at radius 1 is 1.27 bits per heavy atom. The van der Waals surface area contributed by atoms with Crippen LogP contribution < -0.4 is 10.9 Å². The lowest BCUT2D eigenvalue weighted by atomic mass is 10.1. The Balaban J connectivity index is 1.36. The van der Waals surface area contributed by atoms with E-state index >= 15 is 0 Å². The van der Waals surface area contributed by atoms with Crippen LogP contribution in [0, 0.1) is 12.8 Å². The molecule has 134 valence electrons. The Morgan fingerprint density at radius 2 is 2.19 bits per heavy atom. The summed E-state index contributed by atoms with van der Waals surface area (Å²) in [6.07, 6.45) is 4.74. The Kier molecular flexibility index (Phi) is 4.67. The number of fused-ring (bicyclic) bond motifs is 1. The van der Waals surface area contributed by atoms with E-state index in [4.69, 9.17) is 0 Å². The second-order valence-corrected chi connectivity index (χ2v) is 7.00. The molecule has 1 aliphatic rings. The largest absolute Gasteiger partial charge is 0.370 e. The normalized spacial score (nSPS) is 17.7. The fourth-order valence-electron chi connectivity index (χ4n) is 3.52. The molecule has 4 heterocycles. The van der Waals surface area contributed by atoms with Crippen LogP contribution in [0.25, 0.3) is 5.65 Å². The standard InChI is InChI=1S/C20H23N5O/c1-15-5-7-21-18(10-15)22-12-16-6-9-24(13-16)14-17-11-20(26)25-8-3-2-4-19(25)23-17/h2-5,7-8,10-11,16H,6,9,12-14H2,1H3,(H,21,22). The molecule has 0 bridgehead atoms. The second kappa shape index (κ2) is 7.25. The first kappa shape index (κ1) is 16.7. The van der Waals surface area contributed by atoms with E-state index in [-0.39, 0.29) is 5.56 Å². The van der Waals surface area contributed by atoms with E-state index in [2.05, 4.69) is 33.2 Å². The Hall–Kier alpha value is -2.73. The van der Waals surface area contributed by atoms with Gasteiger partial charge in [0.1, 0.15) is 11.5 Å². The average Bonchev–Trinajstić information content (AvgIpc) is 3.07. The number of anilines is 1. The maximum absolute atomic E-state index is 12.2. The first-order valence-corrected chi connectivity index (χ1v) is 9.03. The Bertz CT molecular complexity index is 968. The molecule has 0 aromatic carbocycles. The van der Waals surface area contributed by atoms with E-state index in [1.807, 2.05) is 30.5 Å². The summed E-state index contributed by atoms with van der Waals surface area (Å²) in [5.74, 6) is 1.52. The minimum Gasteiger partial charge on any atom is -0.370 e. The monoisotopic (exact) mass is 349 g/mol. The Labute approximate surface area is 152 Å². The number of nitrogens with zero attached hydrogens (tertiary/aromatic N) is 4. The smallest absolute Gasteiger partial charge is 0.258 e. The van der Waals surface area contributed by atoms with E-state index in [0.29, 0.717) is 11.6 Å². The molecule has 4 rings (SSSR count).